The first kappa shape index (κ1) is 13.7. The zero-order valence-electron chi connectivity index (χ0n) is 10.8. The number of hydrogen-bond acceptors (Lipinski definition) is 1. The molecule has 1 rings (SSSR count). The van der Waals surface area contributed by atoms with Crippen LogP contribution in [0.25, 0.3) is 0 Å². The molecule has 0 aliphatic carbocycles. The van der Waals surface area contributed by atoms with Gasteiger partial charge in [-0.25, -0.2) is 4.39 Å². The lowest BCUT2D eigenvalue weighted by Crippen LogP contribution is -2.31. The molecule has 0 aromatic heterocycles. The van der Waals surface area contributed by atoms with Crippen LogP contribution in [0, 0.1) is 12.7 Å². The van der Waals surface area contributed by atoms with Crippen molar-refractivity contribution in [1.82, 2.24) is 4.90 Å². The predicted octanol–water partition coefficient (Wildman–Crippen LogP) is 3.40. The molecule has 94 valence electrons. The molecule has 0 bridgehead atoms. The predicted molar refractivity (Wildman–Crippen MR) is 67.6 cm³/mol. The fourth-order valence-electron chi connectivity index (χ4n) is 1.71. The third-order valence-electron chi connectivity index (χ3n) is 2.86. The molecule has 0 heterocycles. The Morgan fingerprint density at radius 3 is 2.59 bits per heavy atom. The molecule has 0 aliphatic rings. The monoisotopic (exact) mass is 237 g/mol. The number of nitrogens with zero attached hydrogens (tertiary/aromatic N) is 1. The fraction of sp³-hybridized carbons (Fsp3) is 0.500. The Morgan fingerprint density at radius 2 is 2.06 bits per heavy atom. The van der Waals surface area contributed by atoms with Gasteiger partial charge in [0.2, 0.25) is 0 Å². The van der Waals surface area contributed by atoms with Gasteiger partial charge < -0.3 is 4.90 Å². The van der Waals surface area contributed by atoms with Crippen LogP contribution in [0.3, 0.4) is 0 Å². The van der Waals surface area contributed by atoms with Crippen LogP contribution >= 0.6 is 0 Å². The van der Waals surface area contributed by atoms with Crippen molar-refractivity contribution in [3.8, 4) is 0 Å². The topological polar surface area (TPSA) is 20.3 Å². The van der Waals surface area contributed by atoms with Crippen molar-refractivity contribution >= 4 is 5.91 Å². The molecule has 0 fully saturated rings. The highest BCUT2D eigenvalue weighted by Gasteiger charge is 2.14. The summed E-state index contributed by atoms with van der Waals surface area (Å²) in [6.07, 6.45) is 2.06. The molecule has 0 atom stereocenters. The van der Waals surface area contributed by atoms with Crippen LogP contribution in [-0.4, -0.2) is 23.9 Å². The molecule has 0 aliphatic heterocycles. The molecule has 0 radical (unpaired) electrons. The molecule has 0 saturated heterocycles. The average Bonchev–Trinajstić information content (AvgIpc) is 2.33. The maximum atomic E-state index is 13.1. The Hall–Kier alpha value is -1.38. The van der Waals surface area contributed by atoms with E-state index in [1.807, 2.05) is 6.92 Å². The third-order valence-corrected chi connectivity index (χ3v) is 2.86. The summed E-state index contributed by atoms with van der Waals surface area (Å²) >= 11 is 0. The molecular weight excluding hydrogens is 217 g/mol. The van der Waals surface area contributed by atoms with Gasteiger partial charge in [0.05, 0.1) is 0 Å². The number of carbonyl (C=O) groups excluding carboxylic acids is 1. The lowest BCUT2D eigenvalue weighted by molar-refractivity contribution is 0.0762. The maximum absolute atomic E-state index is 13.1. The molecule has 0 unspecified atom stereocenters. The lowest BCUT2D eigenvalue weighted by atomic mass is 10.1. The minimum atomic E-state index is -0.266. The second-order valence-electron chi connectivity index (χ2n) is 4.20. The summed E-state index contributed by atoms with van der Waals surface area (Å²) in [5.41, 5.74) is 1.09. The number of halogens is 1. The van der Waals surface area contributed by atoms with Crippen LogP contribution in [0.15, 0.2) is 18.2 Å². The highest BCUT2D eigenvalue weighted by atomic mass is 19.1. The maximum Gasteiger partial charge on any atom is 0.253 e. The molecule has 0 saturated carbocycles. The van der Waals surface area contributed by atoms with Gasteiger partial charge in [-0.3, -0.25) is 4.79 Å². The van der Waals surface area contributed by atoms with E-state index >= 15 is 0 Å². The van der Waals surface area contributed by atoms with E-state index in [0.717, 1.165) is 19.4 Å². The van der Waals surface area contributed by atoms with Gasteiger partial charge in [-0.15, -0.1) is 0 Å². The first-order valence-electron chi connectivity index (χ1n) is 6.15. The Bertz CT molecular complexity index is 390. The number of rotatable bonds is 5. The molecule has 17 heavy (non-hydrogen) atoms. The normalized spacial score (nSPS) is 10.4. The molecule has 1 amide bonds. The lowest BCUT2D eigenvalue weighted by Gasteiger charge is -2.20. The Morgan fingerprint density at radius 1 is 1.35 bits per heavy atom. The van der Waals surface area contributed by atoms with Crippen LogP contribution in [-0.2, 0) is 0 Å². The Balaban J connectivity index is 2.82. The van der Waals surface area contributed by atoms with Crippen LogP contribution in [0.2, 0.25) is 0 Å². The largest absolute Gasteiger partial charge is 0.339 e. The van der Waals surface area contributed by atoms with Gasteiger partial charge in [0, 0.05) is 18.7 Å². The van der Waals surface area contributed by atoms with E-state index in [4.69, 9.17) is 0 Å². The van der Waals surface area contributed by atoms with Crippen LogP contribution < -0.4 is 0 Å². The van der Waals surface area contributed by atoms with Crippen molar-refractivity contribution < 1.29 is 9.18 Å². The minimum absolute atomic E-state index is 0.0101. The Kier molecular flexibility index (Phi) is 5.13. The van der Waals surface area contributed by atoms with Gasteiger partial charge >= 0.3 is 0 Å². The van der Waals surface area contributed by atoms with Gasteiger partial charge in [-0.1, -0.05) is 13.3 Å². The SMILES string of the molecule is CCCCN(CC)C(=O)c1ccc(F)c(C)c1. The van der Waals surface area contributed by atoms with Crippen molar-refractivity contribution in [2.24, 2.45) is 0 Å². The summed E-state index contributed by atoms with van der Waals surface area (Å²) in [7, 11) is 0. The van der Waals surface area contributed by atoms with E-state index < -0.39 is 0 Å². The van der Waals surface area contributed by atoms with Gasteiger partial charge in [0.25, 0.3) is 5.91 Å². The number of benzene rings is 1. The van der Waals surface area contributed by atoms with E-state index in [1.54, 1.807) is 24.0 Å². The number of amides is 1. The van der Waals surface area contributed by atoms with E-state index in [9.17, 15) is 9.18 Å². The zero-order valence-corrected chi connectivity index (χ0v) is 10.8. The standard InChI is InChI=1S/C14H20FNO/c1-4-6-9-16(5-2)14(17)12-7-8-13(15)11(3)10-12/h7-8,10H,4-6,9H2,1-3H3. The smallest absolute Gasteiger partial charge is 0.253 e. The van der Waals surface area contributed by atoms with Crippen molar-refractivity contribution in [3.05, 3.63) is 35.1 Å². The Labute approximate surface area is 102 Å². The summed E-state index contributed by atoms with van der Waals surface area (Å²) in [6, 6.07) is 4.53. The zero-order chi connectivity index (χ0) is 12.8. The van der Waals surface area contributed by atoms with E-state index in [2.05, 4.69) is 6.92 Å². The van der Waals surface area contributed by atoms with E-state index in [1.165, 1.54) is 6.07 Å². The molecule has 1 aromatic carbocycles. The summed E-state index contributed by atoms with van der Waals surface area (Å²) in [4.78, 5) is 14.0. The molecule has 0 spiro atoms. The number of unbranched alkanes of at least 4 members (excludes halogenated alkanes) is 1. The van der Waals surface area contributed by atoms with Crippen LogP contribution in [0.1, 0.15) is 42.6 Å². The van der Waals surface area contributed by atoms with E-state index in [0.29, 0.717) is 17.7 Å². The second kappa shape index (κ2) is 6.38. The fourth-order valence-corrected chi connectivity index (χ4v) is 1.71. The van der Waals surface area contributed by atoms with Crippen molar-refractivity contribution in [3.63, 3.8) is 0 Å². The first-order valence-corrected chi connectivity index (χ1v) is 6.15. The molecule has 3 heteroatoms. The van der Waals surface area contributed by atoms with Gasteiger partial charge in [-0.2, -0.15) is 0 Å². The summed E-state index contributed by atoms with van der Waals surface area (Å²) in [5.74, 6) is -0.276. The molecule has 0 N–H and O–H groups in total. The molecular formula is C14H20FNO. The van der Waals surface area contributed by atoms with Crippen molar-refractivity contribution in [2.75, 3.05) is 13.1 Å². The average molecular weight is 237 g/mol. The first-order chi connectivity index (χ1) is 8.10. The van der Waals surface area contributed by atoms with Gasteiger partial charge in [0.15, 0.2) is 0 Å². The van der Waals surface area contributed by atoms with E-state index in [-0.39, 0.29) is 11.7 Å². The van der Waals surface area contributed by atoms with Gasteiger partial charge in [0.1, 0.15) is 5.82 Å². The molecule has 1 aromatic rings. The van der Waals surface area contributed by atoms with Crippen molar-refractivity contribution in [1.29, 1.82) is 0 Å². The number of aryl methyl sites for hydroxylation is 1. The van der Waals surface area contributed by atoms with Gasteiger partial charge in [-0.05, 0) is 44.0 Å². The second-order valence-corrected chi connectivity index (χ2v) is 4.20. The van der Waals surface area contributed by atoms with Crippen LogP contribution in [0.4, 0.5) is 4.39 Å². The number of hydrogen-bond donors (Lipinski definition) is 0. The summed E-state index contributed by atoms with van der Waals surface area (Å²) in [5, 5.41) is 0. The third kappa shape index (κ3) is 3.55. The highest BCUT2D eigenvalue weighted by Crippen LogP contribution is 2.12. The number of carbonyl (C=O) groups is 1. The summed E-state index contributed by atoms with van der Waals surface area (Å²) in [6.45, 7) is 7.19. The van der Waals surface area contributed by atoms with Crippen molar-refractivity contribution in [2.45, 2.75) is 33.6 Å². The summed E-state index contributed by atoms with van der Waals surface area (Å²) < 4.78 is 13.1. The quantitative estimate of drug-likeness (QED) is 0.768. The van der Waals surface area contributed by atoms with Crippen LogP contribution in [0.5, 0.6) is 0 Å². The molecule has 2 nitrogen and oxygen atoms in total. The highest BCUT2D eigenvalue weighted by molar-refractivity contribution is 5.94. The minimum Gasteiger partial charge on any atom is -0.339 e.